The minimum Gasteiger partial charge on any atom is -0.277 e. The van der Waals surface area contributed by atoms with Crippen LogP contribution < -0.4 is 4.72 Å². The molecule has 0 amide bonds. The van der Waals surface area contributed by atoms with E-state index in [1.807, 2.05) is 43.3 Å². The standard InChI is InChI=1S/C19H15N3O2S/c1-13-10-11-15-6-3-9-17(19(15)21-13)25(23,24)22-16-8-2-5-14-7-4-12-20-18(14)16/h2-12,22H,1H3. The Bertz CT molecular complexity index is 1200. The summed E-state index contributed by atoms with van der Waals surface area (Å²) in [7, 11) is -3.80. The third-order valence-corrected chi connectivity index (χ3v) is 5.39. The van der Waals surface area contributed by atoms with Gasteiger partial charge in [-0.25, -0.2) is 8.42 Å². The second-order valence-corrected chi connectivity index (χ2v) is 7.42. The molecule has 0 atom stereocenters. The van der Waals surface area contributed by atoms with Gasteiger partial charge in [0.25, 0.3) is 10.0 Å². The Hall–Kier alpha value is -2.99. The van der Waals surface area contributed by atoms with Gasteiger partial charge in [-0.15, -0.1) is 0 Å². The highest BCUT2D eigenvalue weighted by molar-refractivity contribution is 7.93. The number of rotatable bonds is 3. The second-order valence-electron chi connectivity index (χ2n) is 5.77. The minimum absolute atomic E-state index is 0.154. The van der Waals surface area contributed by atoms with E-state index in [1.165, 1.54) is 0 Å². The first kappa shape index (κ1) is 15.5. The molecule has 5 nitrogen and oxygen atoms in total. The summed E-state index contributed by atoms with van der Waals surface area (Å²) in [6.45, 7) is 1.84. The summed E-state index contributed by atoms with van der Waals surface area (Å²) in [5.41, 5.74) is 2.28. The molecular formula is C19H15N3O2S. The van der Waals surface area contributed by atoms with Crippen LogP contribution in [0.1, 0.15) is 5.69 Å². The van der Waals surface area contributed by atoms with Gasteiger partial charge >= 0.3 is 0 Å². The summed E-state index contributed by atoms with van der Waals surface area (Å²) in [6.07, 6.45) is 1.64. The molecule has 0 spiro atoms. The normalized spacial score (nSPS) is 11.7. The van der Waals surface area contributed by atoms with Crippen molar-refractivity contribution in [1.29, 1.82) is 0 Å². The van der Waals surface area contributed by atoms with E-state index in [2.05, 4.69) is 14.7 Å². The molecule has 0 aliphatic rings. The van der Waals surface area contributed by atoms with Gasteiger partial charge in [-0.2, -0.15) is 0 Å². The number of sulfonamides is 1. The number of hydrogen-bond acceptors (Lipinski definition) is 4. The summed E-state index contributed by atoms with van der Waals surface area (Å²) in [6, 6.07) is 18.0. The van der Waals surface area contributed by atoms with E-state index in [-0.39, 0.29) is 4.90 Å². The number of hydrogen-bond donors (Lipinski definition) is 1. The van der Waals surface area contributed by atoms with Crippen molar-refractivity contribution in [3.63, 3.8) is 0 Å². The number of nitrogens with zero attached hydrogens (tertiary/aromatic N) is 2. The number of aromatic nitrogens is 2. The van der Waals surface area contributed by atoms with Gasteiger partial charge in [0.2, 0.25) is 0 Å². The van der Waals surface area contributed by atoms with Crippen molar-refractivity contribution in [2.75, 3.05) is 4.72 Å². The molecule has 0 saturated carbocycles. The van der Waals surface area contributed by atoms with Gasteiger partial charge in [0.15, 0.2) is 0 Å². The first-order valence-electron chi connectivity index (χ1n) is 7.77. The van der Waals surface area contributed by atoms with Gasteiger partial charge in [-0.05, 0) is 31.2 Å². The van der Waals surface area contributed by atoms with Crippen LogP contribution in [0.3, 0.4) is 0 Å². The summed E-state index contributed by atoms with van der Waals surface area (Å²) in [5.74, 6) is 0. The molecule has 1 N–H and O–H groups in total. The lowest BCUT2D eigenvalue weighted by Crippen LogP contribution is -2.14. The van der Waals surface area contributed by atoms with Crippen molar-refractivity contribution in [2.45, 2.75) is 11.8 Å². The molecule has 2 heterocycles. The molecule has 0 aliphatic carbocycles. The van der Waals surface area contributed by atoms with Crippen molar-refractivity contribution < 1.29 is 8.42 Å². The molecule has 124 valence electrons. The topological polar surface area (TPSA) is 72.0 Å². The number of pyridine rings is 2. The average Bonchev–Trinajstić information content (AvgIpc) is 2.61. The van der Waals surface area contributed by atoms with Crippen LogP contribution in [0.2, 0.25) is 0 Å². The Morgan fingerprint density at radius 1 is 0.840 bits per heavy atom. The Morgan fingerprint density at radius 2 is 1.56 bits per heavy atom. The van der Waals surface area contributed by atoms with E-state index >= 15 is 0 Å². The molecule has 6 heteroatoms. The van der Waals surface area contributed by atoms with Crippen LogP contribution in [0.15, 0.2) is 71.8 Å². The zero-order valence-corrected chi connectivity index (χ0v) is 14.3. The number of aryl methyl sites for hydroxylation is 1. The molecule has 25 heavy (non-hydrogen) atoms. The molecule has 0 saturated heterocycles. The first-order valence-corrected chi connectivity index (χ1v) is 9.26. The lowest BCUT2D eigenvalue weighted by molar-refractivity contribution is 0.602. The fourth-order valence-corrected chi connectivity index (χ4v) is 4.06. The molecule has 0 unspecified atom stereocenters. The highest BCUT2D eigenvalue weighted by atomic mass is 32.2. The Labute approximate surface area is 145 Å². The van der Waals surface area contributed by atoms with Crippen molar-refractivity contribution in [1.82, 2.24) is 9.97 Å². The van der Waals surface area contributed by atoms with Crippen molar-refractivity contribution in [3.05, 3.63) is 72.6 Å². The molecule has 4 rings (SSSR count). The maximum atomic E-state index is 13.0. The summed E-state index contributed by atoms with van der Waals surface area (Å²) < 4.78 is 28.6. The quantitative estimate of drug-likeness (QED) is 0.609. The first-order chi connectivity index (χ1) is 12.0. The van der Waals surface area contributed by atoms with E-state index in [1.54, 1.807) is 30.5 Å². The number of para-hydroxylation sites is 2. The molecule has 0 aliphatic heterocycles. The monoisotopic (exact) mass is 349 g/mol. The number of nitrogens with one attached hydrogen (secondary N) is 1. The van der Waals surface area contributed by atoms with E-state index in [9.17, 15) is 8.42 Å². The van der Waals surface area contributed by atoms with E-state index in [0.717, 1.165) is 16.5 Å². The molecule has 0 fully saturated rings. The summed E-state index contributed by atoms with van der Waals surface area (Å²) in [5, 5.41) is 1.65. The number of anilines is 1. The van der Waals surface area contributed by atoms with Crippen LogP contribution in [0.4, 0.5) is 5.69 Å². The molecule has 2 aromatic heterocycles. The predicted octanol–water partition coefficient (Wildman–Crippen LogP) is 3.89. The number of fused-ring (bicyclic) bond motifs is 2. The molecular weight excluding hydrogens is 334 g/mol. The maximum absolute atomic E-state index is 13.0. The number of benzene rings is 2. The maximum Gasteiger partial charge on any atom is 0.264 e. The SMILES string of the molecule is Cc1ccc2cccc(S(=O)(=O)Nc3cccc4cccnc34)c2n1. The lowest BCUT2D eigenvalue weighted by Gasteiger charge is -2.12. The zero-order valence-electron chi connectivity index (χ0n) is 13.5. The van der Waals surface area contributed by atoms with Crippen LogP contribution in [-0.2, 0) is 10.0 Å². The fraction of sp³-hybridized carbons (Fsp3) is 0.0526. The van der Waals surface area contributed by atoms with Crippen molar-refractivity contribution >= 4 is 37.5 Å². The predicted molar refractivity (Wildman–Crippen MR) is 99.0 cm³/mol. The van der Waals surface area contributed by atoms with E-state index < -0.39 is 10.0 Å². The van der Waals surface area contributed by atoms with Crippen LogP contribution >= 0.6 is 0 Å². The van der Waals surface area contributed by atoms with Gasteiger partial charge in [-0.1, -0.05) is 36.4 Å². The smallest absolute Gasteiger partial charge is 0.264 e. The Kier molecular flexibility index (Phi) is 3.62. The Morgan fingerprint density at radius 3 is 2.40 bits per heavy atom. The fourth-order valence-electron chi connectivity index (χ4n) is 2.82. The van der Waals surface area contributed by atoms with E-state index in [0.29, 0.717) is 16.7 Å². The summed E-state index contributed by atoms with van der Waals surface area (Å²) >= 11 is 0. The molecule has 4 aromatic rings. The second kappa shape index (κ2) is 5.82. The van der Waals surface area contributed by atoms with Crippen molar-refractivity contribution in [2.24, 2.45) is 0 Å². The molecule has 0 bridgehead atoms. The minimum atomic E-state index is -3.80. The van der Waals surface area contributed by atoms with Crippen LogP contribution in [0.5, 0.6) is 0 Å². The Balaban J connectivity index is 1.87. The van der Waals surface area contributed by atoms with Crippen LogP contribution in [-0.4, -0.2) is 18.4 Å². The van der Waals surface area contributed by atoms with Gasteiger partial charge in [-0.3, -0.25) is 14.7 Å². The summed E-state index contributed by atoms with van der Waals surface area (Å²) in [4.78, 5) is 8.86. The lowest BCUT2D eigenvalue weighted by atomic mass is 10.2. The largest absolute Gasteiger partial charge is 0.277 e. The molecule has 0 radical (unpaired) electrons. The van der Waals surface area contributed by atoms with Crippen LogP contribution in [0, 0.1) is 6.92 Å². The van der Waals surface area contributed by atoms with Gasteiger partial charge in [0.05, 0.1) is 16.7 Å². The van der Waals surface area contributed by atoms with Gasteiger partial charge < -0.3 is 0 Å². The van der Waals surface area contributed by atoms with Gasteiger partial charge in [0, 0.05) is 22.7 Å². The third-order valence-electron chi connectivity index (χ3n) is 3.99. The highest BCUT2D eigenvalue weighted by Gasteiger charge is 2.19. The van der Waals surface area contributed by atoms with E-state index in [4.69, 9.17) is 0 Å². The molecule has 2 aromatic carbocycles. The van der Waals surface area contributed by atoms with Crippen molar-refractivity contribution in [3.8, 4) is 0 Å². The highest BCUT2D eigenvalue weighted by Crippen LogP contribution is 2.27. The van der Waals surface area contributed by atoms with Gasteiger partial charge in [0.1, 0.15) is 4.90 Å². The van der Waals surface area contributed by atoms with Crippen LogP contribution in [0.25, 0.3) is 21.8 Å². The zero-order chi connectivity index (χ0) is 17.4. The third kappa shape index (κ3) is 2.81. The average molecular weight is 349 g/mol.